The van der Waals surface area contributed by atoms with Crippen LogP contribution in [0.1, 0.15) is 59.1 Å². The Labute approximate surface area is 597 Å². The molecule has 5 aromatic carbocycles. The summed E-state index contributed by atoms with van der Waals surface area (Å²) in [4.78, 5) is 96.5. The minimum Gasteiger partial charge on any atom is -0.472 e. The number of aromatic nitrogens is 2. The number of carbonyl (C=O) groups is 8. The predicted octanol–water partition coefficient (Wildman–Crippen LogP) is 11.8. The Morgan fingerprint density at radius 1 is 0.571 bits per heavy atom. The van der Waals surface area contributed by atoms with Crippen molar-refractivity contribution < 1.29 is 56.2 Å². The van der Waals surface area contributed by atoms with E-state index in [2.05, 4.69) is 67.8 Å². The SMILES string of the molecule is C=C(C)C(=O)NC1=NN(c2c(Cl)cc(Cl)cc2Cl)C(=O)C1Oc1ccccc1.C=C(C)C(=O)NC1=NN(c2ccc(S(C)(=O)=O)cc2)C(=O)C1.C=C(C)C(=O)NC1=NN(c2cccc(Cl)c2)C(=O)C1.C=C(C)C(=O)OCCc1cnn(C2C(=O)N(c3c(Cl)cc(Cl)cc3Cl)N=C2C)c1. The zero-order valence-electron chi connectivity index (χ0n) is 52.7. The number of nitrogens with one attached hydrogen (secondary N) is 3. The van der Waals surface area contributed by atoms with Crippen LogP contribution in [-0.2, 0) is 59.4 Å². The minimum absolute atomic E-state index is 0.0102. The van der Waals surface area contributed by atoms with Crippen molar-refractivity contribution in [1.82, 2.24) is 25.7 Å². The first kappa shape index (κ1) is 75.9. The summed E-state index contributed by atoms with van der Waals surface area (Å²) in [7, 11) is -3.30. The summed E-state index contributed by atoms with van der Waals surface area (Å²) in [6.07, 6.45) is 3.69. The molecule has 2 atom stereocenters. The second-order valence-corrected chi connectivity index (χ2v) is 26.4. The fourth-order valence-electron chi connectivity index (χ4n) is 8.50. The maximum Gasteiger partial charge on any atom is 0.333 e. The van der Waals surface area contributed by atoms with E-state index in [-0.39, 0.29) is 96.7 Å². The number of hydrogen-bond donors (Lipinski definition) is 3. The van der Waals surface area contributed by atoms with Gasteiger partial charge in [0.15, 0.2) is 21.7 Å². The lowest BCUT2D eigenvalue weighted by Gasteiger charge is -2.18. The van der Waals surface area contributed by atoms with Crippen LogP contribution in [0.5, 0.6) is 5.75 Å². The van der Waals surface area contributed by atoms with Gasteiger partial charge in [-0.25, -0.2) is 13.2 Å². The summed E-state index contributed by atoms with van der Waals surface area (Å²) in [6.45, 7) is 22.3. The van der Waals surface area contributed by atoms with Crippen molar-refractivity contribution in [2.24, 2.45) is 20.4 Å². The molecule has 4 aliphatic rings. The van der Waals surface area contributed by atoms with Crippen LogP contribution >= 0.6 is 81.2 Å². The first-order valence-corrected chi connectivity index (χ1v) is 33.1. The van der Waals surface area contributed by atoms with Gasteiger partial charge < -0.3 is 25.4 Å². The highest BCUT2D eigenvalue weighted by Gasteiger charge is 2.42. The van der Waals surface area contributed by atoms with E-state index in [1.54, 1.807) is 94.7 Å². The number of ether oxygens (including phenoxy) is 2. The molecule has 1 aromatic heterocycles. The number of nitrogens with zero attached hydrogens (tertiary/aromatic N) is 10. The second kappa shape index (κ2) is 33.2. The summed E-state index contributed by atoms with van der Waals surface area (Å²) < 4.78 is 35.2. The van der Waals surface area contributed by atoms with E-state index < -0.39 is 45.7 Å². The van der Waals surface area contributed by atoms with Crippen LogP contribution in [-0.4, -0.2) is 108 Å². The van der Waals surface area contributed by atoms with E-state index in [1.807, 2.05) is 0 Å². The zero-order chi connectivity index (χ0) is 72.2. The number of carbonyl (C=O) groups excluding carboxylic acids is 8. The maximum absolute atomic E-state index is 13.0. The molecule has 2 unspecified atom stereocenters. The van der Waals surface area contributed by atoms with Crippen molar-refractivity contribution in [3.05, 3.63) is 205 Å². The largest absolute Gasteiger partial charge is 0.472 e. The Balaban J connectivity index is 0.000000186. The van der Waals surface area contributed by atoms with Crippen LogP contribution in [0.15, 0.2) is 189 Å². The highest BCUT2D eigenvalue weighted by Crippen LogP contribution is 2.41. The van der Waals surface area contributed by atoms with Gasteiger partial charge in [-0.3, -0.25) is 38.2 Å². The van der Waals surface area contributed by atoms with E-state index in [0.717, 1.165) is 26.8 Å². The third-order valence-electron chi connectivity index (χ3n) is 13.3. The highest BCUT2D eigenvalue weighted by molar-refractivity contribution is 7.90. The van der Waals surface area contributed by atoms with Gasteiger partial charge in [-0.15, -0.1) is 5.10 Å². The fourth-order valence-corrected chi connectivity index (χ4v) is 11.3. The predicted molar refractivity (Wildman–Crippen MR) is 379 cm³/mol. The summed E-state index contributed by atoms with van der Waals surface area (Å²) in [5.41, 5.74) is 3.99. The second-order valence-electron chi connectivity index (χ2n) is 21.5. The number of hydrazone groups is 4. The van der Waals surface area contributed by atoms with Gasteiger partial charge in [-0.1, -0.05) is 132 Å². The molecule has 7 amide bonds. The molecule has 0 fully saturated rings. The number of sulfone groups is 1. The molecule has 4 aliphatic heterocycles. The van der Waals surface area contributed by atoms with Gasteiger partial charge in [0.05, 0.1) is 67.7 Å². The standard InChI is InChI=1S/C19H17Cl3N4O3.C19H14Cl3N3O3.C14H15N3O4S.C13H12ClN3O2/c1-10(2)19(28)29-5-4-12-8-23-25(9-12)16-11(3)24-26(18(16)27)17-14(21)6-13(20)7-15(17)22;1-10(2)18(26)23-17-16(28-12-6-4-3-5-7-12)19(27)25(24-17)15-13(21)8-11(20)9-14(15)22;1-9(2)14(19)15-12-8-13(18)17(16-12)10-4-6-11(7-5-10)22(3,20)21;1-8(2)13(19)15-11-7-12(18)17(16-11)10-5-3-4-9(14)6-10/h6-9,16H,1,4-5H2,2-3H3;3-9,16H,1H2,2H3,(H,23,24,26);4-7H,1,8H2,2-3H3,(H,15,16,19);3-6H,1,7H2,2H3,(H,15,16,19). The molecule has 6 aromatic rings. The van der Waals surface area contributed by atoms with Crippen LogP contribution in [0.2, 0.25) is 35.2 Å². The highest BCUT2D eigenvalue weighted by atomic mass is 35.5. The van der Waals surface area contributed by atoms with Gasteiger partial charge in [0, 0.05) is 56.2 Å². The molecule has 0 radical (unpaired) electrons. The molecule has 0 saturated carbocycles. The normalized spacial score (nSPS) is 15.4. The van der Waals surface area contributed by atoms with Crippen LogP contribution < -0.4 is 40.7 Å². The first-order valence-electron chi connectivity index (χ1n) is 28.6. The molecule has 0 bridgehead atoms. The summed E-state index contributed by atoms with van der Waals surface area (Å²) in [5.74, 6) is -2.21. The van der Waals surface area contributed by atoms with Crippen LogP contribution in [0, 0.1) is 0 Å². The summed E-state index contributed by atoms with van der Waals surface area (Å²) in [6, 6.07) is 26.4. The summed E-state index contributed by atoms with van der Waals surface area (Å²) in [5, 5.41) is 34.8. The first-order chi connectivity index (χ1) is 46.1. The quantitative estimate of drug-likeness (QED) is 0.0637. The number of rotatable bonds is 15. The van der Waals surface area contributed by atoms with Gasteiger partial charge in [0.2, 0.25) is 6.10 Å². The Morgan fingerprint density at radius 3 is 1.54 bits per heavy atom. The van der Waals surface area contributed by atoms with Crippen molar-refractivity contribution in [2.45, 2.75) is 70.9 Å². The minimum atomic E-state index is -3.30. The molecular formula is C65H58Cl7N13O12S. The third-order valence-corrected chi connectivity index (χ3v) is 16.2. The molecule has 98 heavy (non-hydrogen) atoms. The number of amides is 7. The molecule has 5 heterocycles. The number of benzene rings is 5. The molecule has 33 heteroatoms. The third kappa shape index (κ3) is 19.6. The van der Waals surface area contributed by atoms with Crippen LogP contribution in [0.25, 0.3) is 0 Å². The average Bonchev–Trinajstić information content (AvgIpc) is 1.62. The van der Waals surface area contributed by atoms with Crippen molar-refractivity contribution >= 4 is 184 Å². The molecule has 510 valence electrons. The van der Waals surface area contributed by atoms with Crippen molar-refractivity contribution in [2.75, 3.05) is 32.9 Å². The topological polar surface area (TPSA) is 305 Å². The van der Waals surface area contributed by atoms with Crippen LogP contribution in [0.4, 0.5) is 22.7 Å². The van der Waals surface area contributed by atoms with Gasteiger partial charge in [0.1, 0.15) is 28.8 Å². The summed E-state index contributed by atoms with van der Waals surface area (Å²) >= 11 is 42.6. The lowest BCUT2D eigenvalue weighted by Crippen LogP contribution is -2.44. The monoisotopic (exact) mass is 1490 g/mol. The Morgan fingerprint density at radius 2 is 1.06 bits per heavy atom. The number of halogens is 7. The Hall–Kier alpha value is -9.51. The molecule has 0 spiro atoms. The average molecular weight is 1490 g/mol. The van der Waals surface area contributed by atoms with Crippen molar-refractivity contribution in [1.29, 1.82) is 0 Å². The smallest absolute Gasteiger partial charge is 0.333 e. The lowest BCUT2D eigenvalue weighted by molar-refractivity contribution is -0.139. The van der Waals surface area contributed by atoms with E-state index in [1.165, 1.54) is 65.1 Å². The number of esters is 1. The molecule has 10 rings (SSSR count). The molecule has 0 aliphatic carbocycles. The molecule has 25 nitrogen and oxygen atoms in total. The van der Waals surface area contributed by atoms with E-state index in [9.17, 15) is 46.8 Å². The van der Waals surface area contributed by atoms with Gasteiger partial charge >= 0.3 is 5.97 Å². The van der Waals surface area contributed by atoms with Gasteiger partial charge in [0.25, 0.3) is 41.4 Å². The van der Waals surface area contributed by atoms with Crippen molar-refractivity contribution in [3.8, 4) is 5.75 Å². The van der Waals surface area contributed by atoms with Gasteiger partial charge in [-0.2, -0.15) is 40.4 Å². The number of hydrogen-bond acceptors (Lipinski definition) is 17. The maximum atomic E-state index is 13.0. The Bertz CT molecular complexity index is 4480. The van der Waals surface area contributed by atoms with E-state index in [4.69, 9.17) is 90.7 Å². The van der Waals surface area contributed by atoms with Gasteiger partial charge in [-0.05, 0) is 119 Å². The van der Waals surface area contributed by atoms with E-state index >= 15 is 0 Å². The Kier molecular flexibility index (Phi) is 25.7. The van der Waals surface area contributed by atoms with Crippen LogP contribution in [0.3, 0.4) is 0 Å². The number of anilines is 4. The zero-order valence-corrected chi connectivity index (χ0v) is 58.8. The van der Waals surface area contributed by atoms with E-state index in [0.29, 0.717) is 66.9 Å². The van der Waals surface area contributed by atoms with Crippen molar-refractivity contribution in [3.63, 3.8) is 0 Å². The fraction of sp³-hybridized carbons (Fsp3) is 0.185. The molecular weight excluding hydrogens is 1440 g/mol. The number of amidine groups is 3. The molecule has 3 N–H and O–H groups in total. The lowest BCUT2D eigenvalue weighted by atomic mass is 10.2. The number of para-hydroxylation sites is 1. The molecule has 0 saturated heterocycles.